The van der Waals surface area contributed by atoms with Gasteiger partial charge in [0, 0.05) is 10.6 Å². The van der Waals surface area contributed by atoms with Gasteiger partial charge < -0.3 is 4.74 Å². The highest BCUT2D eigenvalue weighted by molar-refractivity contribution is 6.30. The first kappa shape index (κ1) is 17.7. The van der Waals surface area contributed by atoms with Gasteiger partial charge >= 0.3 is 0 Å². The lowest BCUT2D eigenvalue weighted by molar-refractivity contribution is 0.0950. The van der Waals surface area contributed by atoms with Crippen LogP contribution in [0.15, 0.2) is 59.7 Å². The third kappa shape index (κ3) is 4.10. The van der Waals surface area contributed by atoms with Crippen LogP contribution in [0.1, 0.15) is 23.0 Å². The summed E-state index contributed by atoms with van der Waals surface area (Å²) in [5.74, 6) is 0.392. The molecule has 0 aliphatic rings. The topological polar surface area (TPSA) is 79.4 Å². The van der Waals surface area contributed by atoms with E-state index in [-0.39, 0.29) is 5.91 Å². The first-order valence-corrected chi connectivity index (χ1v) is 8.25. The van der Waals surface area contributed by atoms with Gasteiger partial charge in [0.25, 0.3) is 5.91 Å². The molecular formula is C19H17ClN4O2. The molecule has 0 aliphatic heterocycles. The summed E-state index contributed by atoms with van der Waals surface area (Å²) in [7, 11) is 1.61. The number of ether oxygens (including phenoxy) is 1. The minimum absolute atomic E-state index is 0.321. The van der Waals surface area contributed by atoms with E-state index in [2.05, 4.69) is 20.7 Å². The molecule has 7 heteroatoms. The van der Waals surface area contributed by atoms with E-state index < -0.39 is 0 Å². The van der Waals surface area contributed by atoms with E-state index in [1.54, 1.807) is 25.3 Å². The van der Waals surface area contributed by atoms with Crippen molar-refractivity contribution in [3.63, 3.8) is 0 Å². The van der Waals surface area contributed by atoms with Crippen molar-refractivity contribution in [1.29, 1.82) is 0 Å². The molecule has 2 aromatic carbocycles. The molecule has 1 amide bonds. The summed E-state index contributed by atoms with van der Waals surface area (Å²) in [4.78, 5) is 12.2. The molecule has 132 valence electrons. The van der Waals surface area contributed by atoms with Gasteiger partial charge in [-0.25, -0.2) is 5.43 Å². The Bertz CT molecular complexity index is 931. The van der Waals surface area contributed by atoms with Gasteiger partial charge in [-0.05, 0) is 55.0 Å². The first-order valence-electron chi connectivity index (χ1n) is 7.87. The minimum atomic E-state index is -0.370. The number of rotatable bonds is 5. The lowest BCUT2D eigenvalue weighted by Gasteiger charge is -2.03. The third-order valence-electron chi connectivity index (χ3n) is 3.80. The fourth-order valence-corrected chi connectivity index (χ4v) is 2.42. The number of carbonyl (C=O) groups excluding carboxylic acids is 1. The summed E-state index contributed by atoms with van der Waals surface area (Å²) in [5, 5.41) is 11.6. The number of aromatic nitrogens is 2. The maximum absolute atomic E-state index is 12.2. The number of H-pyrrole nitrogens is 1. The first-order chi connectivity index (χ1) is 12.6. The number of nitrogens with one attached hydrogen (secondary N) is 2. The van der Waals surface area contributed by atoms with Crippen LogP contribution < -0.4 is 10.2 Å². The molecule has 0 spiro atoms. The normalized spacial score (nSPS) is 11.3. The Balaban J connectivity index is 1.68. The number of amides is 1. The number of carbonyl (C=O) groups is 1. The summed E-state index contributed by atoms with van der Waals surface area (Å²) >= 11 is 5.88. The van der Waals surface area contributed by atoms with E-state index in [1.807, 2.05) is 43.3 Å². The summed E-state index contributed by atoms with van der Waals surface area (Å²) in [5.41, 5.74) is 5.93. The molecule has 0 radical (unpaired) electrons. The van der Waals surface area contributed by atoms with Crippen molar-refractivity contribution in [3.8, 4) is 17.0 Å². The van der Waals surface area contributed by atoms with Crippen LogP contribution in [0.3, 0.4) is 0 Å². The summed E-state index contributed by atoms with van der Waals surface area (Å²) < 4.78 is 5.12. The quantitative estimate of drug-likeness (QED) is 0.529. The fourth-order valence-electron chi connectivity index (χ4n) is 2.30. The van der Waals surface area contributed by atoms with Crippen molar-refractivity contribution in [3.05, 3.63) is 70.9 Å². The van der Waals surface area contributed by atoms with Crippen LogP contribution >= 0.6 is 11.6 Å². The van der Waals surface area contributed by atoms with Crippen molar-refractivity contribution in [2.45, 2.75) is 6.92 Å². The highest BCUT2D eigenvalue weighted by Crippen LogP contribution is 2.20. The number of nitrogens with zero attached hydrogens (tertiary/aromatic N) is 2. The molecule has 0 saturated heterocycles. The molecule has 1 heterocycles. The number of methoxy groups -OCH3 is 1. The average Bonchev–Trinajstić information content (AvgIpc) is 3.16. The zero-order chi connectivity index (χ0) is 18.5. The van der Waals surface area contributed by atoms with E-state index in [1.165, 1.54) is 0 Å². The van der Waals surface area contributed by atoms with Crippen molar-refractivity contribution in [2.75, 3.05) is 7.11 Å². The van der Waals surface area contributed by atoms with Crippen LogP contribution in [0.5, 0.6) is 5.75 Å². The molecule has 0 atom stereocenters. The number of hydrogen-bond donors (Lipinski definition) is 2. The zero-order valence-electron chi connectivity index (χ0n) is 14.3. The standard InChI is InChI=1S/C19H17ClN4O2/c1-12(13-5-9-16(26-2)10-6-13)21-24-19(25)18-11-17(22-23-18)14-3-7-15(20)8-4-14/h3-11H,1-2H3,(H,22,23)(H,24,25). The second-order valence-corrected chi connectivity index (χ2v) is 5.98. The second kappa shape index (κ2) is 7.84. The summed E-state index contributed by atoms with van der Waals surface area (Å²) in [6, 6.07) is 16.3. The molecule has 0 aliphatic carbocycles. The number of hydrogen-bond acceptors (Lipinski definition) is 4. The van der Waals surface area contributed by atoms with Crippen molar-refractivity contribution in [2.24, 2.45) is 5.10 Å². The maximum atomic E-state index is 12.2. The molecule has 0 bridgehead atoms. The molecule has 26 heavy (non-hydrogen) atoms. The van der Waals surface area contributed by atoms with Gasteiger partial charge in [0.1, 0.15) is 11.4 Å². The van der Waals surface area contributed by atoms with Gasteiger partial charge in [0.15, 0.2) is 0 Å². The smallest absolute Gasteiger partial charge is 0.289 e. The lowest BCUT2D eigenvalue weighted by atomic mass is 10.1. The Morgan fingerprint density at radius 2 is 1.85 bits per heavy atom. The van der Waals surface area contributed by atoms with Crippen LogP contribution in [-0.4, -0.2) is 28.9 Å². The van der Waals surface area contributed by atoms with Crippen LogP contribution in [0.25, 0.3) is 11.3 Å². The van der Waals surface area contributed by atoms with Gasteiger partial charge in [-0.1, -0.05) is 23.7 Å². The molecule has 1 aromatic heterocycles. The SMILES string of the molecule is COc1ccc(C(C)=NNC(=O)c2cc(-c3ccc(Cl)cc3)n[nH]2)cc1. The highest BCUT2D eigenvalue weighted by Gasteiger charge is 2.11. The van der Waals surface area contributed by atoms with Gasteiger partial charge in [-0.15, -0.1) is 0 Å². The van der Waals surface area contributed by atoms with Crippen LogP contribution in [0.2, 0.25) is 5.02 Å². The van der Waals surface area contributed by atoms with E-state index in [4.69, 9.17) is 16.3 Å². The van der Waals surface area contributed by atoms with Gasteiger partial charge in [0.2, 0.25) is 0 Å². The van der Waals surface area contributed by atoms with Crippen molar-refractivity contribution >= 4 is 23.2 Å². The monoisotopic (exact) mass is 368 g/mol. The van der Waals surface area contributed by atoms with E-state index >= 15 is 0 Å². The average molecular weight is 369 g/mol. The minimum Gasteiger partial charge on any atom is -0.497 e. The molecule has 3 rings (SSSR count). The van der Waals surface area contributed by atoms with E-state index in [0.29, 0.717) is 22.1 Å². The predicted octanol–water partition coefficient (Wildman–Crippen LogP) is 3.89. The molecule has 0 saturated carbocycles. The van der Waals surface area contributed by atoms with Crippen molar-refractivity contribution in [1.82, 2.24) is 15.6 Å². The molecular weight excluding hydrogens is 352 g/mol. The zero-order valence-corrected chi connectivity index (χ0v) is 15.0. The second-order valence-electron chi connectivity index (χ2n) is 5.54. The Morgan fingerprint density at radius 1 is 1.15 bits per heavy atom. The molecule has 0 unspecified atom stereocenters. The fraction of sp³-hybridized carbons (Fsp3) is 0.105. The van der Waals surface area contributed by atoms with Crippen molar-refractivity contribution < 1.29 is 9.53 Å². The molecule has 6 nitrogen and oxygen atoms in total. The van der Waals surface area contributed by atoms with E-state index in [9.17, 15) is 4.79 Å². The van der Waals surface area contributed by atoms with Crippen LogP contribution in [-0.2, 0) is 0 Å². The largest absolute Gasteiger partial charge is 0.497 e. The Hall–Kier alpha value is -3.12. The molecule has 0 fully saturated rings. The molecule has 3 aromatic rings. The lowest BCUT2D eigenvalue weighted by Crippen LogP contribution is -2.19. The number of hydrazone groups is 1. The Kier molecular flexibility index (Phi) is 5.34. The molecule has 2 N–H and O–H groups in total. The maximum Gasteiger partial charge on any atom is 0.289 e. The Labute approximate surface area is 155 Å². The predicted molar refractivity (Wildman–Crippen MR) is 102 cm³/mol. The van der Waals surface area contributed by atoms with Gasteiger partial charge in [-0.3, -0.25) is 9.89 Å². The van der Waals surface area contributed by atoms with Crippen LogP contribution in [0.4, 0.5) is 0 Å². The third-order valence-corrected chi connectivity index (χ3v) is 4.05. The van der Waals surface area contributed by atoms with Crippen LogP contribution in [0, 0.1) is 0 Å². The number of halogens is 1. The van der Waals surface area contributed by atoms with Gasteiger partial charge in [0.05, 0.1) is 18.5 Å². The highest BCUT2D eigenvalue weighted by atomic mass is 35.5. The Morgan fingerprint density at radius 3 is 2.50 bits per heavy atom. The number of aromatic amines is 1. The number of benzene rings is 2. The summed E-state index contributed by atoms with van der Waals surface area (Å²) in [6.07, 6.45) is 0. The van der Waals surface area contributed by atoms with Gasteiger partial charge in [-0.2, -0.15) is 10.2 Å². The summed E-state index contributed by atoms with van der Waals surface area (Å²) in [6.45, 7) is 1.81. The van der Waals surface area contributed by atoms with E-state index in [0.717, 1.165) is 16.9 Å².